The van der Waals surface area contributed by atoms with Gasteiger partial charge in [0, 0.05) is 22.8 Å². The summed E-state index contributed by atoms with van der Waals surface area (Å²) in [5, 5.41) is 7.34. The van der Waals surface area contributed by atoms with Crippen molar-refractivity contribution in [3.8, 4) is 5.69 Å². The Morgan fingerprint density at radius 2 is 2.09 bits per heavy atom. The number of aromatic nitrogens is 2. The number of hydrogen-bond acceptors (Lipinski definition) is 3. The fourth-order valence-electron chi connectivity index (χ4n) is 2.73. The third-order valence-electron chi connectivity index (χ3n) is 4.02. The molecule has 5 nitrogen and oxygen atoms in total. The van der Waals surface area contributed by atoms with Gasteiger partial charge in [-0.3, -0.25) is 4.79 Å². The van der Waals surface area contributed by atoms with Crippen LogP contribution in [-0.4, -0.2) is 27.8 Å². The van der Waals surface area contributed by atoms with Gasteiger partial charge in [-0.1, -0.05) is 22.0 Å². The van der Waals surface area contributed by atoms with Crippen molar-refractivity contribution < 1.29 is 4.79 Å². The molecule has 0 saturated heterocycles. The van der Waals surface area contributed by atoms with Crippen LogP contribution < -0.4 is 11.1 Å². The standard InChI is InChI=1S/C16H19BrN4O/c17-12-2-1-3-15(8-12)21-10-11(9-19-21)16(22)20-14-6-4-13(18)5-7-14/h1-3,8-10,13-14H,4-7,18H2,(H,20,22). The zero-order chi connectivity index (χ0) is 15.5. The number of hydrogen-bond donors (Lipinski definition) is 2. The Morgan fingerprint density at radius 3 is 2.82 bits per heavy atom. The van der Waals surface area contributed by atoms with E-state index in [0.29, 0.717) is 5.56 Å². The molecule has 6 heteroatoms. The quantitative estimate of drug-likeness (QED) is 0.881. The number of nitrogens with two attached hydrogens (primary N) is 1. The van der Waals surface area contributed by atoms with Crippen LogP contribution in [0, 0.1) is 0 Å². The molecule has 1 aromatic heterocycles. The molecule has 0 atom stereocenters. The molecule has 3 rings (SSSR count). The van der Waals surface area contributed by atoms with Crippen LogP contribution in [0.2, 0.25) is 0 Å². The molecule has 3 N–H and O–H groups in total. The lowest BCUT2D eigenvalue weighted by molar-refractivity contribution is 0.0926. The fraction of sp³-hybridized carbons (Fsp3) is 0.375. The first-order valence-electron chi connectivity index (χ1n) is 7.49. The molecule has 1 heterocycles. The third kappa shape index (κ3) is 3.56. The van der Waals surface area contributed by atoms with Crippen molar-refractivity contribution >= 4 is 21.8 Å². The minimum Gasteiger partial charge on any atom is -0.349 e. The summed E-state index contributed by atoms with van der Waals surface area (Å²) in [4.78, 5) is 12.3. The maximum Gasteiger partial charge on any atom is 0.254 e. The Labute approximate surface area is 138 Å². The van der Waals surface area contributed by atoms with Crippen molar-refractivity contribution in [3.05, 3.63) is 46.7 Å². The van der Waals surface area contributed by atoms with Gasteiger partial charge >= 0.3 is 0 Å². The lowest BCUT2D eigenvalue weighted by atomic mass is 9.92. The van der Waals surface area contributed by atoms with Crippen molar-refractivity contribution in [2.24, 2.45) is 5.73 Å². The molecule has 1 aromatic carbocycles. The van der Waals surface area contributed by atoms with Gasteiger partial charge in [0.1, 0.15) is 0 Å². The van der Waals surface area contributed by atoms with Crippen LogP contribution in [0.3, 0.4) is 0 Å². The lowest BCUT2D eigenvalue weighted by Gasteiger charge is -2.26. The molecule has 1 amide bonds. The van der Waals surface area contributed by atoms with Crippen LogP contribution in [0.4, 0.5) is 0 Å². The topological polar surface area (TPSA) is 72.9 Å². The van der Waals surface area contributed by atoms with Gasteiger partial charge in [-0.2, -0.15) is 5.10 Å². The highest BCUT2D eigenvalue weighted by Gasteiger charge is 2.21. The van der Waals surface area contributed by atoms with E-state index in [2.05, 4.69) is 26.3 Å². The van der Waals surface area contributed by atoms with Crippen LogP contribution in [0.15, 0.2) is 41.1 Å². The van der Waals surface area contributed by atoms with Crippen LogP contribution in [0.1, 0.15) is 36.0 Å². The fourth-order valence-corrected chi connectivity index (χ4v) is 3.12. The normalized spacial score (nSPS) is 21.5. The highest BCUT2D eigenvalue weighted by Crippen LogP contribution is 2.18. The summed E-state index contributed by atoms with van der Waals surface area (Å²) in [6, 6.07) is 8.30. The van der Waals surface area contributed by atoms with E-state index >= 15 is 0 Å². The summed E-state index contributed by atoms with van der Waals surface area (Å²) in [5.74, 6) is -0.0679. The molecule has 116 valence electrons. The minimum atomic E-state index is -0.0679. The second-order valence-corrected chi connectivity index (χ2v) is 6.65. The van der Waals surface area contributed by atoms with Crippen molar-refractivity contribution in [2.45, 2.75) is 37.8 Å². The Kier molecular flexibility index (Phi) is 4.59. The molecular formula is C16H19BrN4O. The highest BCUT2D eigenvalue weighted by atomic mass is 79.9. The Balaban J connectivity index is 1.67. The molecule has 0 aliphatic heterocycles. The predicted molar refractivity (Wildman–Crippen MR) is 89.0 cm³/mol. The largest absolute Gasteiger partial charge is 0.349 e. The van der Waals surface area contributed by atoms with Gasteiger partial charge in [0.2, 0.25) is 0 Å². The van der Waals surface area contributed by atoms with E-state index in [1.165, 1.54) is 0 Å². The van der Waals surface area contributed by atoms with E-state index in [0.717, 1.165) is 35.8 Å². The molecule has 22 heavy (non-hydrogen) atoms. The Hall–Kier alpha value is -1.66. The molecule has 1 aliphatic rings. The molecule has 0 spiro atoms. The molecule has 2 aromatic rings. The first-order valence-corrected chi connectivity index (χ1v) is 8.28. The Bertz CT molecular complexity index is 662. The average Bonchev–Trinajstić information content (AvgIpc) is 3.00. The number of nitrogens with one attached hydrogen (secondary N) is 1. The molecule has 0 bridgehead atoms. The maximum atomic E-state index is 12.3. The van der Waals surface area contributed by atoms with E-state index in [9.17, 15) is 4.79 Å². The van der Waals surface area contributed by atoms with Crippen molar-refractivity contribution in [1.82, 2.24) is 15.1 Å². The third-order valence-corrected chi connectivity index (χ3v) is 4.52. The zero-order valence-electron chi connectivity index (χ0n) is 12.2. The van der Waals surface area contributed by atoms with E-state index in [1.807, 2.05) is 24.3 Å². The zero-order valence-corrected chi connectivity index (χ0v) is 13.8. The molecule has 1 saturated carbocycles. The summed E-state index contributed by atoms with van der Waals surface area (Å²) in [6.07, 6.45) is 7.21. The summed E-state index contributed by atoms with van der Waals surface area (Å²) in [6.45, 7) is 0. The van der Waals surface area contributed by atoms with Crippen molar-refractivity contribution in [2.75, 3.05) is 0 Å². The van der Waals surface area contributed by atoms with E-state index in [1.54, 1.807) is 17.1 Å². The second kappa shape index (κ2) is 6.62. The molecule has 0 radical (unpaired) electrons. The SMILES string of the molecule is NC1CCC(NC(=O)c2cnn(-c3cccc(Br)c3)c2)CC1. The van der Waals surface area contributed by atoms with Gasteiger partial charge in [0.15, 0.2) is 0 Å². The van der Waals surface area contributed by atoms with Gasteiger partial charge in [-0.15, -0.1) is 0 Å². The predicted octanol–water partition coefficient (Wildman–Crippen LogP) is 2.63. The number of amides is 1. The van der Waals surface area contributed by atoms with E-state index in [4.69, 9.17) is 5.73 Å². The molecular weight excluding hydrogens is 344 g/mol. The number of rotatable bonds is 3. The number of nitrogens with zero attached hydrogens (tertiary/aromatic N) is 2. The van der Waals surface area contributed by atoms with Crippen molar-refractivity contribution in [3.63, 3.8) is 0 Å². The van der Waals surface area contributed by atoms with Crippen molar-refractivity contribution in [1.29, 1.82) is 0 Å². The molecule has 0 unspecified atom stereocenters. The van der Waals surface area contributed by atoms with Crippen LogP contribution in [0.5, 0.6) is 0 Å². The number of carbonyl (C=O) groups excluding carboxylic acids is 1. The molecule has 1 aliphatic carbocycles. The highest BCUT2D eigenvalue weighted by molar-refractivity contribution is 9.10. The monoisotopic (exact) mass is 362 g/mol. The van der Waals surface area contributed by atoms with Gasteiger partial charge in [-0.25, -0.2) is 4.68 Å². The number of halogens is 1. The maximum absolute atomic E-state index is 12.3. The van der Waals surface area contributed by atoms with E-state index in [-0.39, 0.29) is 18.0 Å². The average molecular weight is 363 g/mol. The first-order chi connectivity index (χ1) is 10.6. The van der Waals surface area contributed by atoms with Gasteiger partial charge in [0.05, 0.1) is 17.4 Å². The minimum absolute atomic E-state index is 0.0679. The van der Waals surface area contributed by atoms with E-state index < -0.39 is 0 Å². The molecule has 1 fully saturated rings. The first kappa shape index (κ1) is 15.2. The van der Waals surface area contributed by atoms with Gasteiger partial charge in [0.25, 0.3) is 5.91 Å². The van der Waals surface area contributed by atoms with Crippen LogP contribution >= 0.6 is 15.9 Å². The van der Waals surface area contributed by atoms with Gasteiger partial charge < -0.3 is 11.1 Å². The summed E-state index contributed by atoms with van der Waals surface area (Å²) < 4.78 is 2.68. The lowest BCUT2D eigenvalue weighted by Crippen LogP contribution is -2.40. The smallest absolute Gasteiger partial charge is 0.254 e. The number of carbonyl (C=O) groups is 1. The summed E-state index contributed by atoms with van der Waals surface area (Å²) in [5.41, 5.74) is 7.38. The summed E-state index contributed by atoms with van der Waals surface area (Å²) >= 11 is 3.44. The Morgan fingerprint density at radius 1 is 1.32 bits per heavy atom. The second-order valence-electron chi connectivity index (χ2n) is 5.74. The van der Waals surface area contributed by atoms with Crippen LogP contribution in [-0.2, 0) is 0 Å². The van der Waals surface area contributed by atoms with Crippen LogP contribution in [0.25, 0.3) is 5.69 Å². The summed E-state index contributed by atoms with van der Waals surface area (Å²) in [7, 11) is 0. The number of benzene rings is 1. The van der Waals surface area contributed by atoms with Gasteiger partial charge in [-0.05, 0) is 43.9 Å².